The maximum Gasteiger partial charge on any atom is 0.224 e. The Labute approximate surface area is 143 Å². The Bertz CT molecular complexity index is 658. The van der Waals surface area contributed by atoms with Gasteiger partial charge in [0, 0.05) is 23.7 Å². The van der Waals surface area contributed by atoms with E-state index in [0.29, 0.717) is 18.7 Å². The van der Waals surface area contributed by atoms with Crippen molar-refractivity contribution in [1.29, 1.82) is 0 Å². The number of aryl methyl sites for hydroxylation is 2. The van der Waals surface area contributed by atoms with Crippen LogP contribution in [0.15, 0.2) is 34.9 Å². The Morgan fingerprint density at radius 3 is 2.50 bits per heavy atom. The summed E-state index contributed by atoms with van der Waals surface area (Å²) >= 11 is 0. The largest absolute Gasteiger partial charge is 0.361 e. The van der Waals surface area contributed by atoms with E-state index < -0.39 is 0 Å². The van der Waals surface area contributed by atoms with Crippen LogP contribution in [0.4, 0.5) is 0 Å². The molecule has 5 heteroatoms. The van der Waals surface area contributed by atoms with E-state index in [4.69, 9.17) is 4.52 Å². The van der Waals surface area contributed by atoms with Crippen LogP contribution in [0.1, 0.15) is 49.4 Å². The third-order valence-electron chi connectivity index (χ3n) is 4.15. The molecule has 1 amide bonds. The number of benzene rings is 1. The van der Waals surface area contributed by atoms with Crippen LogP contribution in [-0.4, -0.2) is 23.1 Å². The number of nitrogens with one attached hydrogen (secondary N) is 2. The molecule has 0 radical (unpaired) electrons. The summed E-state index contributed by atoms with van der Waals surface area (Å²) < 4.78 is 5.10. The molecule has 0 aliphatic heterocycles. The van der Waals surface area contributed by atoms with Gasteiger partial charge >= 0.3 is 0 Å². The fourth-order valence-electron chi connectivity index (χ4n) is 2.76. The van der Waals surface area contributed by atoms with Crippen molar-refractivity contribution >= 4 is 5.91 Å². The summed E-state index contributed by atoms with van der Waals surface area (Å²) in [7, 11) is 0. The van der Waals surface area contributed by atoms with Gasteiger partial charge in [0.15, 0.2) is 0 Å². The third-order valence-corrected chi connectivity index (χ3v) is 4.15. The summed E-state index contributed by atoms with van der Waals surface area (Å²) in [5.74, 6) is 0.685. The molecule has 0 fully saturated rings. The lowest BCUT2D eigenvalue weighted by Crippen LogP contribution is -2.50. The van der Waals surface area contributed by atoms with Crippen molar-refractivity contribution in [3.05, 3.63) is 52.9 Å². The molecule has 0 unspecified atom stereocenters. The molecular weight excluding hydrogens is 302 g/mol. The standard InChI is InChI=1S/C19H27N3O2/c1-13(16-9-7-6-8-10-16)21-19(4,5)12-20-18(23)11-17-14(2)22-24-15(17)3/h6-10,13,21H,11-12H2,1-5H3,(H,20,23)/t13-/m0/s1. The fraction of sp³-hybridized carbons (Fsp3) is 0.474. The number of hydrogen-bond donors (Lipinski definition) is 2. The van der Waals surface area contributed by atoms with Crippen molar-refractivity contribution in [2.75, 3.05) is 6.54 Å². The monoisotopic (exact) mass is 329 g/mol. The van der Waals surface area contributed by atoms with Crippen molar-refractivity contribution in [3.63, 3.8) is 0 Å². The van der Waals surface area contributed by atoms with E-state index in [1.165, 1.54) is 5.56 Å². The lowest BCUT2D eigenvalue weighted by atomic mass is 10.0. The van der Waals surface area contributed by atoms with Crippen molar-refractivity contribution < 1.29 is 9.32 Å². The van der Waals surface area contributed by atoms with Gasteiger partial charge in [0.05, 0.1) is 12.1 Å². The summed E-state index contributed by atoms with van der Waals surface area (Å²) in [6, 6.07) is 10.5. The zero-order chi connectivity index (χ0) is 17.7. The molecule has 0 spiro atoms. The van der Waals surface area contributed by atoms with Crippen LogP contribution in [-0.2, 0) is 11.2 Å². The molecule has 24 heavy (non-hydrogen) atoms. The molecular formula is C19H27N3O2. The predicted octanol–water partition coefficient (Wildman–Crippen LogP) is 3.08. The number of aromatic nitrogens is 1. The average Bonchev–Trinajstić information content (AvgIpc) is 2.85. The van der Waals surface area contributed by atoms with Crippen LogP contribution >= 0.6 is 0 Å². The zero-order valence-corrected chi connectivity index (χ0v) is 15.1. The van der Waals surface area contributed by atoms with Crippen molar-refractivity contribution in [2.45, 2.75) is 52.6 Å². The second-order valence-corrected chi connectivity index (χ2v) is 6.92. The first kappa shape index (κ1) is 18.2. The van der Waals surface area contributed by atoms with Crippen LogP contribution in [0.25, 0.3) is 0 Å². The molecule has 1 aromatic carbocycles. The van der Waals surface area contributed by atoms with Gasteiger partial charge in [-0.2, -0.15) is 0 Å². The molecule has 130 valence electrons. The van der Waals surface area contributed by atoms with Crippen molar-refractivity contribution in [1.82, 2.24) is 15.8 Å². The summed E-state index contributed by atoms with van der Waals surface area (Å²) in [5, 5.41) is 10.4. The highest BCUT2D eigenvalue weighted by Crippen LogP contribution is 2.16. The first-order valence-electron chi connectivity index (χ1n) is 8.29. The topological polar surface area (TPSA) is 67.2 Å². The molecule has 0 saturated carbocycles. The molecule has 1 atom stereocenters. The smallest absolute Gasteiger partial charge is 0.224 e. The highest BCUT2D eigenvalue weighted by molar-refractivity contribution is 5.79. The minimum absolute atomic E-state index is 0.0216. The van der Waals surface area contributed by atoms with E-state index in [2.05, 4.69) is 48.7 Å². The summed E-state index contributed by atoms with van der Waals surface area (Å²) in [4.78, 5) is 12.2. The Kier molecular flexibility index (Phi) is 5.78. The number of nitrogens with zero attached hydrogens (tertiary/aromatic N) is 1. The minimum Gasteiger partial charge on any atom is -0.361 e. The van der Waals surface area contributed by atoms with Gasteiger partial charge in [0.25, 0.3) is 0 Å². The second kappa shape index (κ2) is 7.62. The highest BCUT2D eigenvalue weighted by Gasteiger charge is 2.22. The number of carbonyl (C=O) groups excluding carboxylic acids is 1. The Morgan fingerprint density at radius 1 is 1.25 bits per heavy atom. The molecule has 2 aromatic rings. The summed E-state index contributed by atoms with van der Waals surface area (Å²) in [5.41, 5.74) is 2.66. The second-order valence-electron chi connectivity index (χ2n) is 6.92. The Hall–Kier alpha value is -2.14. The lowest BCUT2D eigenvalue weighted by molar-refractivity contribution is -0.120. The molecule has 2 rings (SSSR count). The fourth-order valence-corrected chi connectivity index (χ4v) is 2.76. The molecule has 2 N–H and O–H groups in total. The highest BCUT2D eigenvalue weighted by atomic mass is 16.5. The predicted molar refractivity (Wildman–Crippen MR) is 94.8 cm³/mol. The van der Waals surface area contributed by atoms with Crippen molar-refractivity contribution in [2.24, 2.45) is 0 Å². The van der Waals surface area contributed by atoms with Gasteiger partial charge in [-0.25, -0.2) is 0 Å². The van der Waals surface area contributed by atoms with Gasteiger partial charge in [-0.05, 0) is 40.2 Å². The molecule has 1 aromatic heterocycles. The Balaban J connectivity index is 1.86. The maximum absolute atomic E-state index is 12.2. The molecule has 0 aliphatic carbocycles. The van der Waals surface area contributed by atoms with Gasteiger partial charge in [-0.1, -0.05) is 35.5 Å². The normalized spacial score (nSPS) is 12.9. The molecule has 0 aliphatic rings. The van der Waals surface area contributed by atoms with Crippen LogP contribution in [0.3, 0.4) is 0 Å². The number of carbonyl (C=O) groups is 1. The minimum atomic E-state index is -0.219. The van der Waals surface area contributed by atoms with Crippen LogP contribution in [0.2, 0.25) is 0 Å². The SMILES string of the molecule is Cc1noc(C)c1CC(=O)NCC(C)(C)N[C@@H](C)c1ccccc1. The molecule has 5 nitrogen and oxygen atoms in total. The lowest BCUT2D eigenvalue weighted by Gasteiger charge is -2.31. The van der Waals surface area contributed by atoms with Gasteiger partial charge in [-0.3, -0.25) is 4.79 Å². The van der Waals surface area contributed by atoms with E-state index in [-0.39, 0.29) is 17.5 Å². The van der Waals surface area contributed by atoms with E-state index in [1.54, 1.807) is 0 Å². The molecule has 0 bridgehead atoms. The maximum atomic E-state index is 12.2. The summed E-state index contributed by atoms with van der Waals surface area (Å²) in [6.07, 6.45) is 0.297. The number of rotatable bonds is 7. The van der Waals surface area contributed by atoms with Gasteiger partial charge in [0.1, 0.15) is 5.76 Å². The molecule has 0 saturated heterocycles. The van der Waals surface area contributed by atoms with Gasteiger partial charge in [0.2, 0.25) is 5.91 Å². The average molecular weight is 329 g/mol. The quantitative estimate of drug-likeness (QED) is 0.819. The van der Waals surface area contributed by atoms with Gasteiger partial charge < -0.3 is 15.2 Å². The van der Waals surface area contributed by atoms with Crippen LogP contribution in [0.5, 0.6) is 0 Å². The van der Waals surface area contributed by atoms with E-state index in [1.807, 2.05) is 32.0 Å². The van der Waals surface area contributed by atoms with Crippen LogP contribution < -0.4 is 10.6 Å². The van der Waals surface area contributed by atoms with E-state index >= 15 is 0 Å². The van der Waals surface area contributed by atoms with Crippen LogP contribution in [0, 0.1) is 13.8 Å². The molecule has 1 heterocycles. The zero-order valence-electron chi connectivity index (χ0n) is 15.1. The number of amides is 1. The first-order chi connectivity index (χ1) is 11.3. The van der Waals surface area contributed by atoms with Crippen molar-refractivity contribution in [3.8, 4) is 0 Å². The van der Waals surface area contributed by atoms with E-state index in [9.17, 15) is 4.79 Å². The third kappa shape index (κ3) is 4.93. The number of hydrogen-bond acceptors (Lipinski definition) is 4. The first-order valence-corrected chi connectivity index (χ1v) is 8.29. The van der Waals surface area contributed by atoms with E-state index in [0.717, 1.165) is 11.3 Å². The summed E-state index contributed by atoms with van der Waals surface area (Å²) in [6.45, 7) is 10.5. The Morgan fingerprint density at radius 2 is 1.92 bits per heavy atom. The van der Waals surface area contributed by atoms with Gasteiger partial charge in [-0.15, -0.1) is 0 Å².